The SMILES string of the molecule is COc1c(F)cccc1Nc1c(-c2ccnc3[nH]ccc23)[nH]c2c1C(=O)NCC2. The Morgan fingerprint density at radius 2 is 2.14 bits per heavy atom. The second-order valence-electron chi connectivity index (χ2n) is 6.78. The number of ether oxygens (including phenoxy) is 1. The van der Waals surface area contributed by atoms with Gasteiger partial charge in [0.1, 0.15) is 5.65 Å². The van der Waals surface area contributed by atoms with Crippen LogP contribution in [0.2, 0.25) is 0 Å². The van der Waals surface area contributed by atoms with Crippen molar-refractivity contribution in [3.63, 3.8) is 0 Å². The Labute approximate surface area is 165 Å². The third-order valence-corrected chi connectivity index (χ3v) is 5.13. The van der Waals surface area contributed by atoms with E-state index in [0.717, 1.165) is 28.0 Å². The van der Waals surface area contributed by atoms with Crippen LogP contribution >= 0.6 is 0 Å². The number of fused-ring (bicyclic) bond motifs is 2. The molecule has 8 heteroatoms. The molecule has 1 amide bonds. The molecule has 146 valence electrons. The van der Waals surface area contributed by atoms with Gasteiger partial charge in [-0.1, -0.05) is 6.07 Å². The van der Waals surface area contributed by atoms with Crippen molar-refractivity contribution in [2.75, 3.05) is 19.0 Å². The first-order valence-electron chi connectivity index (χ1n) is 9.22. The third kappa shape index (κ3) is 2.72. The highest BCUT2D eigenvalue weighted by molar-refractivity contribution is 6.08. The van der Waals surface area contributed by atoms with Gasteiger partial charge in [-0.05, 0) is 24.3 Å². The van der Waals surface area contributed by atoms with Crippen LogP contribution in [0.5, 0.6) is 5.75 Å². The summed E-state index contributed by atoms with van der Waals surface area (Å²) in [5.41, 5.74) is 4.75. The van der Waals surface area contributed by atoms with Crippen molar-refractivity contribution in [2.45, 2.75) is 6.42 Å². The number of rotatable bonds is 4. The van der Waals surface area contributed by atoms with E-state index in [9.17, 15) is 9.18 Å². The van der Waals surface area contributed by atoms with Crippen molar-refractivity contribution < 1.29 is 13.9 Å². The summed E-state index contributed by atoms with van der Waals surface area (Å²) in [5.74, 6) is -0.568. The van der Waals surface area contributed by atoms with Crippen molar-refractivity contribution >= 4 is 28.3 Å². The Morgan fingerprint density at radius 3 is 3.00 bits per heavy atom. The number of para-hydroxylation sites is 1. The van der Waals surface area contributed by atoms with Crippen molar-refractivity contribution in [1.82, 2.24) is 20.3 Å². The monoisotopic (exact) mass is 391 g/mol. The molecule has 0 atom stereocenters. The van der Waals surface area contributed by atoms with Crippen LogP contribution in [0.25, 0.3) is 22.3 Å². The zero-order chi connectivity index (χ0) is 20.0. The van der Waals surface area contributed by atoms with Gasteiger partial charge in [-0.15, -0.1) is 0 Å². The smallest absolute Gasteiger partial charge is 0.255 e. The average Bonchev–Trinajstić information content (AvgIpc) is 3.34. The van der Waals surface area contributed by atoms with Crippen molar-refractivity contribution in [3.05, 3.63) is 59.8 Å². The lowest BCUT2D eigenvalue weighted by Crippen LogP contribution is -2.31. The molecule has 0 unspecified atom stereocenters. The summed E-state index contributed by atoms with van der Waals surface area (Å²) in [6.07, 6.45) is 4.21. The maximum Gasteiger partial charge on any atom is 0.255 e. The summed E-state index contributed by atoms with van der Waals surface area (Å²) >= 11 is 0. The second-order valence-corrected chi connectivity index (χ2v) is 6.78. The Morgan fingerprint density at radius 1 is 1.24 bits per heavy atom. The molecule has 1 aliphatic rings. The number of carbonyl (C=O) groups excluding carboxylic acids is 1. The molecule has 3 aromatic heterocycles. The molecule has 4 aromatic rings. The number of aromatic amines is 2. The predicted octanol–water partition coefficient (Wildman–Crippen LogP) is 3.74. The van der Waals surface area contributed by atoms with Crippen LogP contribution < -0.4 is 15.4 Å². The normalized spacial score (nSPS) is 13.2. The van der Waals surface area contributed by atoms with E-state index in [1.54, 1.807) is 18.3 Å². The fourth-order valence-corrected chi connectivity index (χ4v) is 3.83. The summed E-state index contributed by atoms with van der Waals surface area (Å²) in [5, 5.41) is 7.04. The van der Waals surface area contributed by atoms with Gasteiger partial charge in [0, 0.05) is 42.0 Å². The van der Waals surface area contributed by atoms with E-state index in [-0.39, 0.29) is 11.7 Å². The van der Waals surface area contributed by atoms with Crippen molar-refractivity contribution in [3.8, 4) is 17.0 Å². The van der Waals surface area contributed by atoms with Crippen LogP contribution in [0, 0.1) is 5.82 Å². The molecule has 29 heavy (non-hydrogen) atoms. The van der Waals surface area contributed by atoms with Crippen LogP contribution in [0.3, 0.4) is 0 Å². The van der Waals surface area contributed by atoms with Gasteiger partial charge in [0.05, 0.1) is 29.7 Å². The van der Waals surface area contributed by atoms with Crippen molar-refractivity contribution in [2.24, 2.45) is 0 Å². The zero-order valence-electron chi connectivity index (χ0n) is 15.6. The van der Waals surface area contributed by atoms with Crippen LogP contribution in [0.15, 0.2) is 42.7 Å². The van der Waals surface area contributed by atoms with E-state index >= 15 is 0 Å². The topological polar surface area (TPSA) is 94.8 Å². The standard InChI is InChI=1S/C21H18FN5O2/c1-29-19-13(22)3-2-4-15(19)27-18-16-14(7-10-25-21(16)28)26-17(18)11-5-8-23-20-12(11)6-9-24-20/h2-6,8-9,26-27H,7,10H2,1H3,(H,23,24)(H,25,28). The number of nitrogens with one attached hydrogen (secondary N) is 4. The van der Waals surface area contributed by atoms with E-state index < -0.39 is 5.82 Å². The Kier molecular flexibility index (Phi) is 3.97. The van der Waals surface area contributed by atoms with E-state index in [4.69, 9.17) is 4.74 Å². The quantitative estimate of drug-likeness (QED) is 0.426. The summed E-state index contributed by atoms with van der Waals surface area (Å²) < 4.78 is 19.5. The number of H-pyrrole nitrogens is 2. The lowest BCUT2D eigenvalue weighted by Gasteiger charge is -2.16. The molecule has 1 aliphatic heterocycles. The molecule has 4 heterocycles. The molecule has 0 fully saturated rings. The molecule has 0 radical (unpaired) electrons. The minimum Gasteiger partial charge on any atom is -0.492 e. The summed E-state index contributed by atoms with van der Waals surface area (Å²) in [6, 6.07) is 8.46. The van der Waals surface area contributed by atoms with Gasteiger partial charge in [0.2, 0.25) is 0 Å². The Bertz CT molecular complexity index is 1240. The number of amides is 1. The number of hydrogen-bond donors (Lipinski definition) is 4. The largest absolute Gasteiger partial charge is 0.492 e. The van der Waals surface area contributed by atoms with Gasteiger partial charge >= 0.3 is 0 Å². The predicted molar refractivity (Wildman–Crippen MR) is 108 cm³/mol. The fraction of sp³-hybridized carbons (Fsp3) is 0.143. The van der Waals surface area contributed by atoms with E-state index in [2.05, 4.69) is 25.6 Å². The number of halogens is 1. The van der Waals surface area contributed by atoms with Crippen LogP contribution in [-0.2, 0) is 6.42 Å². The lowest BCUT2D eigenvalue weighted by atomic mass is 10.0. The first-order valence-corrected chi connectivity index (χ1v) is 9.22. The van der Waals surface area contributed by atoms with Gasteiger partial charge in [-0.2, -0.15) is 0 Å². The molecular formula is C21H18FN5O2. The summed E-state index contributed by atoms with van der Waals surface area (Å²) in [4.78, 5) is 23.5. The number of benzene rings is 1. The molecule has 0 bridgehead atoms. The highest BCUT2D eigenvalue weighted by Crippen LogP contribution is 2.41. The second kappa shape index (κ2) is 6.66. The van der Waals surface area contributed by atoms with Gasteiger partial charge in [-0.3, -0.25) is 4.79 Å². The van der Waals surface area contributed by atoms with Crippen LogP contribution in [-0.4, -0.2) is 34.5 Å². The first-order chi connectivity index (χ1) is 14.2. The number of methoxy groups -OCH3 is 1. The molecule has 0 saturated carbocycles. The molecule has 0 spiro atoms. The van der Waals surface area contributed by atoms with Crippen LogP contribution in [0.1, 0.15) is 16.1 Å². The maximum atomic E-state index is 14.2. The number of carbonyl (C=O) groups is 1. The Balaban J connectivity index is 1.74. The molecule has 7 nitrogen and oxygen atoms in total. The maximum absolute atomic E-state index is 14.2. The lowest BCUT2D eigenvalue weighted by molar-refractivity contribution is 0.0947. The molecule has 4 N–H and O–H groups in total. The third-order valence-electron chi connectivity index (χ3n) is 5.13. The number of pyridine rings is 1. The van der Waals surface area contributed by atoms with Gasteiger partial charge in [0.15, 0.2) is 11.6 Å². The minimum absolute atomic E-state index is 0.0890. The number of hydrogen-bond acceptors (Lipinski definition) is 4. The van der Waals surface area contributed by atoms with E-state index in [1.165, 1.54) is 13.2 Å². The number of nitrogens with zero attached hydrogens (tertiary/aromatic N) is 1. The zero-order valence-corrected chi connectivity index (χ0v) is 15.6. The van der Waals surface area contributed by atoms with E-state index in [1.807, 2.05) is 18.3 Å². The Hall–Kier alpha value is -3.81. The van der Waals surface area contributed by atoms with Crippen LogP contribution in [0.4, 0.5) is 15.8 Å². The summed E-state index contributed by atoms with van der Waals surface area (Å²) in [7, 11) is 1.41. The average molecular weight is 391 g/mol. The minimum atomic E-state index is -0.482. The molecule has 0 aliphatic carbocycles. The first kappa shape index (κ1) is 17.3. The fourth-order valence-electron chi connectivity index (χ4n) is 3.83. The molecular weight excluding hydrogens is 373 g/mol. The highest BCUT2D eigenvalue weighted by atomic mass is 19.1. The van der Waals surface area contributed by atoms with Gasteiger partial charge < -0.3 is 25.3 Å². The van der Waals surface area contributed by atoms with E-state index in [0.29, 0.717) is 29.9 Å². The van der Waals surface area contributed by atoms with Gasteiger partial charge in [0.25, 0.3) is 5.91 Å². The molecule has 5 rings (SSSR count). The highest BCUT2D eigenvalue weighted by Gasteiger charge is 2.28. The molecule has 0 saturated heterocycles. The number of anilines is 2. The van der Waals surface area contributed by atoms with Crippen molar-refractivity contribution in [1.29, 1.82) is 0 Å². The summed E-state index contributed by atoms with van der Waals surface area (Å²) in [6.45, 7) is 0.560. The number of aromatic nitrogens is 3. The van der Waals surface area contributed by atoms with Gasteiger partial charge in [-0.25, -0.2) is 9.37 Å². The molecule has 1 aromatic carbocycles.